The molecule has 0 aromatic rings. The van der Waals surface area contributed by atoms with Crippen molar-refractivity contribution in [2.45, 2.75) is 65.7 Å². The average Bonchev–Trinajstić information content (AvgIpc) is 2.24. The number of hydrogen-bond acceptors (Lipinski definition) is 3. The molecule has 0 radical (unpaired) electrons. The van der Waals surface area contributed by atoms with Gasteiger partial charge in [0.25, 0.3) is 0 Å². The zero-order valence-electron chi connectivity index (χ0n) is 11.8. The van der Waals surface area contributed by atoms with Crippen LogP contribution in [0.5, 0.6) is 0 Å². The van der Waals surface area contributed by atoms with Gasteiger partial charge in [-0.15, -0.1) is 0 Å². The molecule has 0 bridgehead atoms. The zero-order valence-corrected chi connectivity index (χ0v) is 11.8. The van der Waals surface area contributed by atoms with Gasteiger partial charge >= 0.3 is 0 Å². The van der Waals surface area contributed by atoms with Crippen molar-refractivity contribution in [2.24, 2.45) is 0 Å². The Morgan fingerprint density at radius 3 is 2.19 bits per heavy atom. The van der Waals surface area contributed by atoms with Crippen molar-refractivity contribution in [2.75, 3.05) is 19.8 Å². The van der Waals surface area contributed by atoms with Gasteiger partial charge in [-0.2, -0.15) is 0 Å². The largest absolute Gasteiger partial charge is 0.377 e. The Labute approximate surface area is 101 Å². The molecule has 3 heteroatoms. The second kappa shape index (κ2) is 8.04. The van der Waals surface area contributed by atoms with Gasteiger partial charge in [0.15, 0.2) is 0 Å². The minimum atomic E-state index is -0.139. The molecule has 2 atom stereocenters. The number of nitrogens with one attached hydrogen (secondary N) is 1. The molecule has 0 saturated carbocycles. The van der Waals surface area contributed by atoms with E-state index in [0.29, 0.717) is 6.61 Å². The van der Waals surface area contributed by atoms with Gasteiger partial charge in [-0.05, 0) is 40.7 Å². The zero-order chi connectivity index (χ0) is 12.6. The summed E-state index contributed by atoms with van der Waals surface area (Å²) in [6.07, 6.45) is 1.25. The van der Waals surface area contributed by atoms with Crippen LogP contribution >= 0.6 is 0 Å². The maximum atomic E-state index is 5.88. The van der Waals surface area contributed by atoms with Crippen molar-refractivity contribution in [1.29, 1.82) is 0 Å². The molecule has 3 nitrogen and oxygen atoms in total. The van der Waals surface area contributed by atoms with Gasteiger partial charge in [0, 0.05) is 6.61 Å². The molecule has 0 heterocycles. The summed E-state index contributed by atoms with van der Waals surface area (Å²) in [6.45, 7) is 15.0. The molecule has 0 aromatic heterocycles. The first-order valence-corrected chi connectivity index (χ1v) is 6.49. The Balaban J connectivity index is 4.44. The molecule has 98 valence electrons. The van der Waals surface area contributed by atoms with Gasteiger partial charge in [-0.25, -0.2) is 0 Å². The van der Waals surface area contributed by atoms with Gasteiger partial charge in [0.05, 0.1) is 24.4 Å². The molecule has 16 heavy (non-hydrogen) atoms. The first-order valence-electron chi connectivity index (χ1n) is 6.49. The van der Waals surface area contributed by atoms with Gasteiger partial charge in [-0.1, -0.05) is 13.8 Å². The highest BCUT2D eigenvalue weighted by Gasteiger charge is 2.32. The summed E-state index contributed by atoms with van der Waals surface area (Å²) in [5, 5.41) is 3.46. The first-order chi connectivity index (χ1) is 7.50. The monoisotopic (exact) mass is 231 g/mol. The number of likely N-dealkylation sites (N-methyl/N-ethyl adjacent to an activating group) is 1. The van der Waals surface area contributed by atoms with Crippen molar-refractivity contribution >= 4 is 0 Å². The number of ether oxygens (including phenoxy) is 2. The van der Waals surface area contributed by atoms with E-state index in [1.165, 1.54) is 0 Å². The predicted octanol–water partition coefficient (Wildman–Crippen LogP) is 2.59. The minimum absolute atomic E-state index is 0.139. The predicted molar refractivity (Wildman–Crippen MR) is 68.9 cm³/mol. The Morgan fingerprint density at radius 2 is 1.81 bits per heavy atom. The van der Waals surface area contributed by atoms with Crippen LogP contribution in [0.2, 0.25) is 0 Å². The van der Waals surface area contributed by atoms with E-state index in [-0.39, 0.29) is 17.7 Å². The second-order valence-corrected chi connectivity index (χ2v) is 4.59. The minimum Gasteiger partial charge on any atom is -0.377 e. The highest BCUT2D eigenvalue weighted by atomic mass is 16.5. The van der Waals surface area contributed by atoms with Crippen LogP contribution in [-0.2, 0) is 9.47 Å². The summed E-state index contributed by atoms with van der Waals surface area (Å²) in [7, 11) is 0. The van der Waals surface area contributed by atoms with Crippen molar-refractivity contribution in [3.05, 3.63) is 0 Å². The SMILES string of the molecule is CCNC(COC(C)C)C(C)(CC)OCC. The third-order valence-electron chi connectivity index (χ3n) is 2.96. The fourth-order valence-corrected chi connectivity index (χ4v) is 1.76. The fourth-order valence-electron chi connectivity index (χ4n) is 1.76. The van der Waals surface area contributed by atoms with Crippen molar-refractivity contribution < 1.29 is 9.47 Å². The summed E-state index contributed by atoms with van der Waals surface area (Å²) < 4.78 is 11.6. The Bertz CT molecular complexity index is 173. The van der Waals surface area contributed by atoms with E-state index in [1.807, 2.05) is 6.92 Å². The normalized spacial score (nSPS) is 17.4. The van der Waals surface area contributed by atoms with E-state index in [1.54, 1.807) is 0 Å². The molecule has 0 aliphatic rings. The Hall–Kier alpha value is -0.120. The quantitative estimate of drug-likeness (QED) is 0.661. The lowest BCUT2D eigenvalue weighted by atomic mass is 9.93. The lowest BCUT2D eigenvalue weighted by Crippen LogP contribution is -2.53. The molecule has 0 rings (SSSR count). The molecule has 0 saturated heterocycles. The average molecular weight is 231 g/mol. The van der Waals surface area contributed by atoms with Crippen molar-refractivity contribution in [3.8, 4) is 0 Å². The van der Waals surface area contributed by atoms with Crippen LogP contribution in [0.3, 0.4) is 0 Å². The second-order valence-electron chi connectivity index (χ2n) is 4.59. The Kier molecular flexibility index (Phi) is 7.98. The molecular weight excluding hydrogens is 202 g/mol. The maximum absolute atomic E-state index is 5.88. The number of hydrogen-bond donors (Lipinski definition) is 1. The summed E-state index contributed by atoms with van der Waals surface area (Å²) in [5.41, 5.74) is -0.139. The first kappa shape index (κ1) is 15.9. The van der Waals surface area contributed by atoms with Crippen LogP contribution in [-0.4, -0.2) is 37.5 Å². The van der Waals surface area contributed by atoms with Crippen LogP contribution in [0.1, 0.15) is 48.0 Å². The Morgan fingerprint density at radius 1 is 1.19 bits per heavy atom. The highest BCUT2D eigenvalue weighted by Crippen LogP contribution is 2.21. The maximum Gasteiger partial charge on any atom is 0.0826 e. The molecule has 0 spiro atoms. The van der Waals surface area contributed by atoms with Gasteiger partial charge in [0.2, 0.25) is 0 Å². The third-order valence-corrected chi connectivity index (χ3v) is 2.96. The van der Waals surface area contributed by atoms with Crippen LogP contribution in [0.4, 0.5) is 0 Å². The summed E-state index contributed by atoms with van der Waals surface area (Å²) in [4.78, 5) is 0. The highest BCUT2D eigenvalue weighted by molar-refractivity contribution is 4.88. The van der Waals surface area contributed by atoms with Gasteiger partial charge in [0.1, 0.15) is 0 Å². The smallest absolute Gasteiger partial charge is 0.0826 e. The molecule has 1 N–H and O–H groups in total. The van der Waals surface area contributed by atoms with E-state index in [4.69, 9.17) is 9.47 Å². The van der Waals surface area contributed by atoms with Crippen LogP contribution in [0.25, 0.3) is 0 Å². The lowest BCUT2D eigenvalue weighted by Gasteiger charge is -2.37. The molecule has 0 amide bonds. The topological polar surface area (TPSA) is 30.5 Å². The number of rotatable bonds is 9. The van der Waals surface area contributed by atoms with Crippen LogP contribution < -0.4 is 5.32 Å². The third kappa shape index (κ3) is 5.28. The van der Waals surface area contributed by atoms with E-state index < -0.39 is 0 Å². The van der Waals surface area contributed by atoms with Crippen LogP contribution in [0.15, 0.2) is 0 Å². The van der Waals surface area contributed by atoms with Gasteiger partial charge in [-0.3, -0.25) is 0 Å². The molecule has 0 aromatic carbocycles. The molecule has 0 fully saturated rings. The van der Waals surface area contributed by atoms with Crippen molar-refractivity contribution in [1.82, 2.24) is 5.32 Å². The summed E-state index contributed by atoms with van der Waals surface area (Å²) in [5.74, 6) is 0. The molecule has 2 unspecified atom stereocenters. The van der Waals surface area contributed by atoms with E-state index in [2.05, 4.69) is 39.9 Å². The van der Waals surface area contributed by atoms with E-state index in [9.17, 15) is 0 Å². The summed E-state index contributed by atoms with van der Waals surface area (Å²) >= 11 is 0. The van der Waals surface area contributed by atoms with E-state index in [0.717, 1.165) is 19.6 Å². The van der Waals surface area contributed by atoms with Crippen molar-refractivity contribution in [3.63, 3.8) is 0 Å². The van der Waals surface area contributed by atoms with Gasteiger partial charge < -0.3 is 14.8 Å². The summed E-state index contributed by atoms with van der Waals surface area (Å²) in [6, 6.07) is 0.254. The molecule has 0 aliphatic carbocycles. The molecular formula is C13H29NO2. The molecule has 0 aliphatic heterocycles. The fraction of sp³-hybridized carbons (Fsp3) is 1.00. The standard InChI is InChI=1S/C13H29NO2/c1-7-13(6,16-9-3)12(14-8-2)10-15-11(4)5/h11-12,14H,7-10H2,1-6H3. The van der Waals surface area contributed by atoms with E-state index >= 15 is 0 Å². The lowest BCUT2D eigenvalue weighted by molar-refractivity contribution is -0.0804. The van der Waals surface area contributed by atoms with Crippen LogP contribution in [0, 0.1) is 0 Å².